The van der Waals surface area contributed by atoms with Crippen molar-refractivity contribution in [1.29, 1.82) is 0 Å². The van der Waals surface area contributed by atoms with E-state index in [0.29, 0.717) is 0 Å². The summed E-state index contributed by atoms with van der Waals surface area (Å²) in [6.07, 6.45) is 2.64. The fourth-order valence-electron chi connectivity index (χ4n) is 2.61. The van der Waals surface area contributed by atoms with E-state index in [1.165, 1.54) is 38.2 Å². The molecule has 3 nitrogen and oxygen atoms in total. The van der Waals surface area contributed by atoms with Gasteiger partial charge < -0.3 is 5.32 Å². The molecule has 0 unspecified atom stereocenters. The zero-order chi connectivity index (χ0) is 12.8. The molecule has 1 aliphatic rings. The van der Waals surface area contributed by atoms with Crippen LogP contribution in [-0.2, 0) is 6.54 Å². The van der Waals surface area contributed by atoms with E-state index in [-0.39, 0.29) is 0 Å². The lowest BCUT2D eigenvalue weighted by Crippen LogP contribution is -2.37. The molecule has 2 heterocycles. The van der Waals surface area contributed by atoms with Gasteiger partial charge in [-0.1, -0.05) is 13.0 Å². The van der Waals surface area contributed by atoms with Crippen LogP contribution < -0.4 is 5.32 Å². The largest absolute Gasteiger partial charge is 0.317 e. The molecule has 0 saturated carbocycles. The highest BCUT2D eigenvalue weighted by Gasteiger charge is 2.18. The highest BCUT2D eigenvalue weighted by atomic mass is 15.1. The van der Waals surface area contributed by atoms with Gasteiger partial charge in [0.2, 0.25) is 0 Å². The van der Waals surface area contributed by atoms with Crippen molar-refractivity contribution in [2.45, 2.75) is 33.2 Å². The van der Waals surface area contributed by atoms with Gasteiger partial charge in [-0.3, -0.25) is 9.88 Å². The van der Waals surface area contributed by atoms with Crippen molar-refractivity contribution in [3.05, 3.63) is 29.6 Å². The van der Waals surface area contributed by atoms with E-state index in [1.807, 2.05) is 0 Å². The molecule has 1 aliphatic heterocycles. The summed E-state index contributed by atoms with van der Waals surface area (Å²) in [6, 6.07) is 6.31. The van der Waals surface area contributed by atoms with Crippen molar-refractivity contribution < 1.29 is 0 Å². The van der Waals surface area contributed by atoms with E-state index < -0.39 is 0 Å². The normalized spacial score (nSPS) is 18.1. The van der Waals surface area contributed by atoms with Gasteiger partial charge in [0.25, 0.3) is 0 Å². The van der Waals surface area contributed by atoms with Gasteiger partial charge >= 0.3 is 0 Å². The zero-order valence-corrected chi connectivity index (χ0v) is 11.7. The molecule has 0 spiro atoms. The van der Waals surface area contributed by atoms with Crippen molar-refractivity contribution >= 4 is 0 Å². The van der Waals surface area contributed by atoms with Crippen LogP contribution in [0.25, 0.3) is 0 Å². The predicted octanol–water partition coefficient (Wildman–Crippen LogP) is 2.21. The van der Waals surface area contributed by atoms with E-state index in [0.717, 1.165) is 24.7 Å². The minimum atomic E-state index is 0.867. The van der Waals surface area contributed by atoms with Crippen molar-refractivity contribution in [1.82, 2.24) is 15.2 Å². The highest BCUT2D eigenvalue weighted by Crippen LogP contribution is 2.17. The van der Waals surface area contributed by atoms with Crippen LogP contribution in [0.15, 0.2) is 18.2 Å². The minimum absolute atomic E-state index is 0.867. The molecule has 0 aromatic carbocycles. The van der Waals surface area contributed by atoms with E-state index in [9.17, 15) is 0 Å². The number of hydrogen-bond acceptors (Lipinski definition) is 3. The smallest absolute Gasteiger partial charge is 0.0547 e. The molecular formula is C15H25N3. The second-order valence-corrected chi connectivity index (χ2v) is 5.30. The lowest BCUT2D eigenvalue weighted by Gasteiger charge is -2.31. The van der Waals surface area contributed by atoms with Crippen LogP contribution in [0.2, 0.25) is 0 Å². The lowest BCUT2D eigenvalue weighted by atomic mass is 9.96. The van der Waals surface area contributed by atoms with E-state index >= 15 is 0 Å². The average Bonchev–Trinajstić information content (AvgIpc) is 2.38. The van der Waals surface area contributed by atoms with Crippen molar-refractivity contribution in [3.8, 4) is 0 Å². The van der Waals surface area contributed by atoms with Crippen LogP contribution in [0.5, 0.6) is 0 Å². The monoisotopic (exact) mass is 247 g/mol. The maximum Gasteiger partial charge on any atom is 0.0547 e. The van der Waals surface area contributed by atoms with Crippen LogP contribution in [0.1, 0.15) is 31.2 Å². The van der Waals surface area contributed by atoms with Crippen LogP contribution in [0, 0.1) is 12.8 Å². The molecule has 18 heavy (non-hydrogen) atoms. The number of hydrogen-bond donors (Lipinski definition) is 1. The Balaban J connectivity index is 1.76. The number of nitrogens with one attached hydrogen (secondary N) is 1. The second kappa shape index (κ2) is 6.86. The summed E-state index contributed by atoms with van der Waals surface area (Å²) in [5.74, 6) is 0.867. The summed E-state index contributed by atoms with van der Waals surface area (Å²) < 4.78 is 0. The predicted molar refractivity (Wildman–Crippen MR) is 75.5 cm³/mol. The summed E-state index contributed by atoms with van der Waals surface area (Å²) in [7, 11) is 0. The Labute approximate surface area is 111 Å². The van der Waals surface area contributed by atoms with Gasteiger partial charge in [0, 0.05) is 12.2 Å². The molecule has 1 aromatic rings. The topological polar surface area (TPSA) is 28.2 Å². The van der Waals surface area contributed by atoms with E-state index in [4.69, 9.17) is 0 Å². The Morgan fingerprint density at radius 2 is 2.11 bits per heavy atom. The molecule has 0 atom stereocenters. The van der Waals surface area contributed by atoms with Crippen molar-refractivity contribution in [3.63, 3.8) is 0 Å². The average molecular weight is 247 g/mol. The fourth-order valence-corrected chi connectivity index (χ4v) is 2.61. The highest BCUT2D eigenvalue weighted by molar-refractivity contribution is 5.09. The van der Waals surface area contributed by atoms with Crippen molar-refractivity contribution in [2.75, 3.05) is 26.2 Å². The number of rotatable bonds is 5. The molecular weight excluding hydrogens is 222 g/mol. The summed E-state index contributed by atoms with van der Waals surface area (Å²) in [5.41, 5.74) is 2.33. The van der Waals surface area contributed by atoms with Gasteiger partial charge in [-0.25, -0.2) is 0 Å². The molecule has 1 fully saturated rings. The second-order valence-electron chi connectivity index (χ2n) is 5.30. The van der Waals surface area contributed by atoms with Gasteiger partial charge in [0.05, 0.1) is 5.69 Å². The van der Waals surface area contributed by atoms with Crippen LogP contribution in [-0.4, -0.2) is 36.1 Å². The first-order valence-corrected chi connectivity index (χ1v) is 7.13. The summed E-state index contributed by atoms with van der Waals surface area (Å²) in [4.78, 5) is 7.11. The molecule has 0 radical (unpaired) electrons. The molecule has 1 aromatic heterocycles. The molecule has 3 heteroatoms. The molecule has 1 saturated heterocycles. The SMILES string of the molecule is CCNCC1CCN(Cc2cccc(C)n2)CC1. The molecule has 100 valence electrons. The van der Waals surface area contributed by atoms with E-state index in [1.54, 1.807) is 0 Å². The third-order valence-corrected chi connectivity index (χ3v) is 3.72. The number of nitrogens with zero attached hydrogens (tertiary/aromatic N) is 2. The van der Waals surface area contributed by atoms with Gasteiger partial charge in [-0.2, -0.15) is 0 Å². The Morgan fingerprint density at radius 3 is 2.78 bits per heavy atom. The van der Waals surface area contributed by atoms with Crippen LogP contribution >= 0.6 is 0 Å². The number of aryl methyl sites for hydroxylation is 1. The first-order valence-electron chi connectivity index (χ1n) is 7.13. The molecule has 0 aliphatic carbocycles. The first-order chi connectivity index (χ1) is 8.78. The maximum atomic E-state index is 4.58. The van der Waals surface area contributed by atoms with Crippen LogP contribution in [0.4, 0.5) is 0 Å². The summed E-state index contributed by atoms with van der Waals surface area (Å²) in [6.45, 7) is 9.96. The Bertz CT molecular complexity index is 357. The molecule has 0 bridgehead atoms. The minimum Gasteiger partial charge on any atom is -0.317 e. The number of pyridine rings is 1. The van der Waals surface area contributed by atoms with Gasteiger partial charge in [0.15, 0.2) is 0 Å². The zero-order valence-electron chi connectivity index (χ0n) is 11.7. The third-order valence-electron chi connectivity index (χ3n) is 3.72. The summed E-state index contributed by atoms with van der Waals surface area (Å²) >= 11 is 0. The van der Waals surface area contributed by atoms with Gasteiger partial charge in [-0.05, 0) is 64.0 Å². The Morgan fingerprint density at radius 1 is 1.33 bits per heavy atom. The first kappa shape index (κ1) is 13.5. The maximum absolute atomic E-state index is 4.58. The summed E-state index contributed by atoms with van der Waals surface area (Å²) in [5, 5.41) is 3.46. The molecule has 2 rings (SSSR count). The molecule has 1 N–H and O–H groups in total. The lowest BCUT2D eigenvalue weighted by molar-refractivity contribution is 0.174. The Kier molecular flexibility index (Phi) is 5.14. The van der Waals surface area contributed by atoms with Crippen molar-refractivity contribution in [2.24, 2.45) is 5.92 Å². The standard InChI is InChI=1S/C15H25N3/c1-3-16-11-14-7-9-18(10-8-14)12-15-6-4-5-13(2)17-15/h4-6,14,16H,3,7-12H2,1-2H3. The number of piperidine rings is 1. The quantitative estimate of drug-likeness (QED) is 0.864. The number of likely N-dealkylation sites (tertiary alicyclic amines) is 1. The van der Waals surface area contributed by atoms with Gasteiger partial charge in [0.1, 0.15) is 0 Å². The van der Waals surface area contributed by atoms with E-state index in [2.05, 4.69) is 47.2 Å². The van der Waals surface area contributed by atoms with Crippen LogP contribution in [0.3, 0.4) is 0 Å². The third kappa shape index (κ3) is 4.07. The van der Waals surface area contributed by atoms with Gasteiger partial charge in [-0.15, -0.1) is 0 Å². The fraction of sp³-hybridized carbons (Fsp3) is 0.667. The molecule has 0 amide bonds. The number of aromatic nitrogens is 1. The Hall–Kier alpha value is -0.930.